The van der Waals surface area contributed by atoms with Gasteiger partial charge in [0, 0.05) is 19.6 Å². The van der Waals surface area contributed by atoms with Gasteiger partial charge in [-0.15, -0.1) is 0 Å². The number of hydrogen-bond donors (Lipinski definition) is 1. The van der Waals surface area contributed by atoms with Crippen molar-refractivity contribution < 1.29 is 18.6 Å². The number of benzene rings is 1. The maximum atomic E-state index is 11.9. The summed E-state index contributed by atoms with van der Waals surface area (Å²) in [5, 5.41) is 10.6. The molecular weight excluding hydrogens is 264 g/mol. The van der Waals surface area contributed by atoms with Crippen molar-refractivity contribution in [3.05, 3.63) is 35.9 Å². The van der Waals surface area contributed by atoms with Gasteiger partial charge in [-0.1, -0.05) is 30.3 Å². The van der Waals surface area contributed by atoms with E-state index in [9.17, 15) is 13.9 Å². The quantitative estimate of drug-likeness (QED) is 0.814. The highest BCUT2D eigenvalue weighted by atomic mass is 19.3. The van der Waals surface area contributed by atoms with Gasteiger partial charge in [-0.2, -0.15) is 0 Å². The van der Waals surface area contributed by atoms with E-state index in [1.807, 2.05) is 30.3 Å². The number of piperidine rings is 1. The van der Waals surface area contributed by atoms with E-state index >= 15 is 0 Å². The lowest BCUT2D eigenvalue weighted by Crippen LogP contribution is -2.43. The van der Waals surface area contributed by atoms with E-state index in [4.69, 9.17) is 4.74 Å². The average Bonchev–Trinajstić information content (AvgIpc) is 2.46. The second kappa shape index (κ2) is 7.11. The van der Waals surface area contributed by atoms with Crippen LogP contribution in [0.2, 0.25) is 0 Å². The third-order valence-electron chi connectivity index (χ3n) is 3.79. The van der Waals surface area contributed by atoms with Crippen molar-refractivity contribution >= 4 is 0 Å². The summed E-state index contributed by atoms with van der Waals surface area (Å²) in [6.07, 6.45) is -1.09. The summed E-state index contributed by atoms with van der Waals surface area (Å²) < 4.78 is 28.7. The fourth-order valence-electron chi connectivity index (χ4n) is 2.55. The molecule has 0 unspecified atom stereocenters. The lowest BCUT2D eigenvalue weighted by molar-refractivity contribution is -0.0367. The zero-order valence-corrected chi connectivity index (χ0v) is 11.5. The molecule has 1 aromatic carbocycles. The molecule has 0 atom stereocenters. The van der Waals surface area contributed by atoms with Gasteiger partial charge in [0.05, 0.1) is 12.2 Å². The molecule has 0 aromatic heterocycles. The molecule has 0 aliphatic carbocycles. The standard InChI is InChI=1S/C15H21F2NO2/c16-14(17)12-20-11-10-18-8-6-15(19,7-9-18)13-4-2-1-3-5-13/h1-5,14,19H,6-12H2. The molecule has 2 rings (SSSR count). The summed E-state index contributed by atoms with van der Waals surface area (Å²) >= 11 is 0. The first-order valence-corrected chi connectivity index (χ1v) is 6.96. The minimum absolute atomic E-state index is 0.314. The Hall–Kier alpha value is -1.04. The summed E-state index contributed by atoms with van der Waals surface area (Å²) in [5.41, 5.74) is 0.190. The number of ether oxygens (including phenoxy) is 1. The van der Waals surface area contributed by atoms with Crippen LogP contribution in [0.5, 0.6) is 0 Å². The van der Waals surface area contributed by atoms with Crippen molar-refractivity contribution in [2.75, 3.05) is 32.8 Å². The molecule has 1 saturated heterocycles. The van der Waals surface area contributed by atoms with E-state index in [1.54, 1.807) is 0 Å². The van der Waals surface area contributed by atoms with Gasteiger partial charge in [-0.25, -0.2) is 8.78 Å². The van der Waals surface area contributed by atoms with Crippen LogP contribution in [-0.2, 0) is 10.3 Å². The number of hydrogen-bond acceptors (Lipinski definition) is 3. The van der Waals surface area contributed by atoms with Crippen molar-refractivity contribution in [1.29, 1.82) is 0 Å². The topological polar surface area (TPSA) is 32.7 Å². The Morgan fingerprint density at radius 2 is 1.85 bits per heavy atom. The lowest BCUT2D eigenvalue weighted by Gasteiger charge is -2.38. The van der Waals surface area contributed by atoms with E-state index in [2.05, 4.69) is 4.90 Å². The molecule has 0 bridgehead atoms. The van der Waals surface area contributed by atoms with E-state index in [-0.39, 0.29) is 0 Å². The molecule has 0 amide bonds. The minimum atomic E-state index is -2.40. The van der Waals surface area contributed by atoms with Crippen LogP contribution in [0.4, 0.5) is 8.78 Å². The number of aliphatic hydroxyl groups is 1. The molecule has 1 aliphatic heterocycles. The van der Waals surface area contributed by atoms with Crippen LogP contribution in [0.3, 0.4) is 0 Å². The number of alkyl halides is 2. The van der Waals surface area contributed by atoms with Crippen LogP contribution in [0.25, 0.3) is 0 Å². The number of likely N-dealkylation sites (tertiary alicyclic amines) is 1. The maximum Gasteiger partial charge on any atom is 0.261 e. The van der Waals surface area contributed by atoms with Crippen molar-refractivity contribution in [2.24, 2.45) is 0 Å². The molecule has 0 radical (unpaired) electrons. The summed E-state index contributed by atoms with van der Waals surface area (Å²) in [6.45, 7) is 1.96. The molecule has 1 aliphatic rings. The molecule has 5 heteroatoms. The summed E-state index contributed by atoms with van der Waals surface area (Å²) in [4.78, 5) is 2.14. The molecule has 20 heavy (non-hydrogen) atoms. The third kappa shape index (κ3) is 4.23. The Bertz CT molecular complexity index is 392. The fraction of sp³-hybridized carbons (Fsp3) is 0.600. The summed E-state index contributed by atoms with van der Waals surface area (Å²) in [7, 11) is 0. The van der Waals surface area contributed by atoms with Crippen molar-refractivity contribution in [3.8, 4) is 0 Å². The molecule has 3 nitrogen and oxygen atoms in total. The summed E-state index contributed by atoms with van der Waals surface area (Å²) in [6, 6.07) is 9.68. The number of rotatable bonds is 6. The van der Waals surface area contributed by atoms with Gasteiger partial charge < -0.3 is 14.7 Å². The van der Waals surface area contributed by atoms with E-state index in [0.717, 1.165) is 18.7 Å². The Morgan fingerprint density at radius 1 is 1.20 bits per heavy atom. The summed E-state index contributed by atoms with van der Waals surface area (Å²) in [5.74, 6) is 0. The van der Waals surface area contributed by atoms with E-state index in [1.165, 1.54) is 0 Å². The Balaban J connectivity index is 1.75. The van der Waals surface area contributed by atoms with Crippen molar-refractivity contribution in [3.63, 3.8) is 0 Å². The molecule has 0 saturated carbocycles. The van der Waals surface area contributed by atoms with E-state index in [0.29, 0.717) is 26.0 Å². The normalized spacial score (nSPS) is 19.4. The van der Waals surface area contributed by atoms with Gasteiger partial charge in [-0.3, -0.25) is 0 Å². The molecule has 1 aromatic rings. The van der Waals surface area contributed by atoms with Crippen molar-refractivity contribution in [1.82, 2.24) is 4.90 Å². The second-order valence-electron chi connectivity index (χ2n) is 5.21. The molecular formula is C15H21F2NO2. The number of halogens is 2. The Kier molecular flexibility index (Phi) is 5.46. The zero-order valence-electron chi connectivity index (χ0n) is 11.5. The monoisotopic (exact) mass is 285 g/mol. The van der Waals surface area contributed by atoms with Crippen LogP contribution < -0.4 is 0 Å². The minimum Gasteiger partial charge on any atom is -0.385 e. The molecule has 1 heterocycles. The maximum absolute atomic E-state index is 11.9. The predicted molar refractivity (Wildman–Crippen MR) is 72.8 cm³/mol. The van der Waals surface area contributed by atoms with Gasteiger partial charge in [-0.05, 0) is 18.4 Å². The van der Waals surface area contributed by atoms with Crippen LogP contribution in [0.15, 0.2) is 30.3 Å². The van der Waals surface area contributed by atoms with Gasteiger partial charge in [0.2, 0.25) is 0 Å². The Labute approximate surface area is 118 Å². The average molecular weight is 285 g/mol. The molecule has 112 valence electrons. The van der Waals surface area contributed by atoms with E-state index < -0.39 is 18.6 Å². The highest BCUT2D eigenvalue weighted by Gasteiger charge is 2.33. The van der Waals surface area contributed by atoms with Crippen LogP contribution in [0, 0.1) is 0 Å². The highest BCUT2D eigenvalue weighted by Crippen LogP contribution is 2.32. The van der Waals surface area contributed by atoms with Crippen LogP contribution in [0.1, 0.15) is 18.4 Å². The fourth-order valence-corrected chi connectivity index (χ4v) is 2.55. The lowest BCUT2D eigenvalue weighted by atomic mass is 9.84. The van der Waals surface area contributed by atoms with Crippen LogP contribution >= 0.6 is 0 Å². The second-order valence-corrected chi connectivity index (χ2v) is 5.21. The highest BCUT2D eigenvalue weighted by molar-refractivity contribution is 5.22. The molecule has 0 spiro atoms. The SMILES string of the molecule is OC1(c2ccccc2)CCN(CCOCC(F)F)CC1. The number of nitrogens with zero attached hydrogens (tertiary/aromatic N) is 1. The van der Waals surface area contributed by atoms with Crippen LogP contribution in [-0.4, -0.2) is 49.3 Å². The zero-order chi connectivity index (χ0) is 14.4. The largest absolute Gasteiger partial charge is 0.385 e. The first-order valence-electron chi connectivity index (χ1n) is 6.96. The van der Waals surface area contributed by atoms with Gasteiger partial charge in [0.1, 0.15) is 6.61 Å². The first-order chi connectivity index (χ1) is 9.60. The molecule has 1 N–H and O–H groups in total. The Morgan fingerprint density at radius 3 is 2.45 bits per heavy atom. The first kappa shape index (κ1) is 15.4. The van der Waals surface area contributed by atoms with Gasteiger partial charge in [0.25, 0.3) is 6.43 Å². The van der Waals surface area contributed by atoms with Gasteiger partial charge >= 0.3 is 0 Å². The molecule has 1 fully saturated rings. The van der Waals surface area contributed by atoms with Gasteiger partial charge in [0.15, 0.2) is 0 Å². The smallest absolute Gasteiger partial charge is 0.261 e. The predicted octanol–water partition coefficient (Wildman–Crippen LogP) is 2.25. The van der Waals surface area contributed by atoms with Crippen molar-refractivity contribution in [2.45, 2.75) is 24.9 Å². The third-order valence-corrected chi connectivity index (χ3v) is 3.79.